The summed E-state index contributed by atoms with van der Waals surface area (Å²) >= 11 is 0. The van der Waals surface area contributed by atoms with Gasteiger partial charge in [0.25, 0.3) is 11.5 Å². The summed E-state index contributed by atoms with van der Waals surface area (Å²) in [5, 5.41) is 0. The molecule has 7 heteroatoms. The number of pyridine rings is 1. The van der Waals surface area contributed by atoms with Crippen LogP contribution in [0.15, 0.2) is 41.3 Å². The van der Waals surface area contributed by atoms with Crippen LogP contribution in [0.5, 0.6) is 0 Å². The summed E-state index contributed by atoms with van der Waals surface area (Å²) in [5.74, 6) is -0.0944. The Morgan fingerprint density at radius 2 is 2.00 bits per heavy atom. The van der Waals surface area contributed by atoms with E-state index in [0.717, 1.165) is 23.1 Å². The van der Waals surface area contributed by atoms with Crippen molar-refractivity contribution in [3.63, 3.8) is 0 Å². The zero-order chi connectivity index (χ0) is 21.5. The van der Waals surface area contributed by atoms with Crippen molar-refractivity contribution < 1.29 is 14.3 Å². The quantitative estimate of drug-likeness (QED) is 0.755. The molecule has 0 spiro atoms. The van der Waals surface area contributed by atoms with Crippen LogP contribution < -0.4 is 5.56 Å². The van der Waals surface area contributed by atoms with Gasteiger partial charge in [0, 0.05) is 32.3 Å². The van der Waals surface area contributed by atoms with Gasteiger partial charge in [-0.15, -0.1) is 0 Å². The van der Waals surface area contributed by atoms with Crippen molar-refractivity contribution in [3.8, 4) is 0 Å². The predicted octanol–water partition coefficient (Wildman–Crippen LogP) is 1.80. The van der Waals surface area contributed by atoms with E-state index < -0.39 is 0 Å². The molecule has 1 aromatic heterocycles. The van der Waals surface area contributed by atoms with Crippen molar-refractivity contribution in [2.75, 3.05) is 19.7 Å². The van der Waals surface area contributed by atoms with Gasteiger partial charge in [0.2, 0.25) is 5.91 Å². The first-order valence-electron chi connectivity index (χ1n) is 11.0. The summed E-state index contributed by atoms with van der Waals surface area (Å²) in [6.45, 7) is 4.32. The number of aromatic nitrogens is 1. The molecule has 0 saturated carbocycles. The molecule has 2 atom stereocenters. The van der Waals surface area contributed by atoms with Gasteiger partial charge in [0.15, 0.2) is 0 Å². The summed E-state index contributed by atoms with van der Waals surface area (Å²) in [5.41, 5.74) is 2.74. The van der Waals surface area contributed by atoms with Crippen molar-refractivity contribution in [2.24, 2.45) is 0 Å². The van der Waals surface area contributed by atoms with Gasteiger partial charge in [-0.3, -0.25) is 14.4 Å². The van der Waals surface area contributed by atoms with Crippen LogP contribution in [0.1, 0.15) is 46.8 Å². The molecule has 7 nitrogen and oxygen atoms in total. The molecule has 31 heavy (non-hydrogen) atoms. The van der Waals surface area contributed by atoms with Crippen LogP contribution in [0.2, 0.25) is 0 Å². The van der Waals surface area contributed by atoms with E-state index in [1.807, 2.05) is 53.3 Å². The molecule has 4 heterocycles. The van der Waals surface area contributed by atoms with Gasteiger partial charge < -0.3 is 19.1 Å². The monoisotopic (exact) mass is 421 g/mol. The molecule has 0 unspecified atom stereocenters. The number of amides is 2. The van der Waals surface area contributed by atoms with Crippen LogP contribution in [0, 0.1) is 0 Å². The molecular formula is C24H27N3O4. The average molecular weight is 421 g/mol. The predicted molar refractivity (Wildman–Crippen MR) is 115 cm³/mol. The van der Waals surface area contributed by atoms with Crippen LogP contribution in [-0.2, 0) is 29.0 Å². The number of nitrogens with zero attached hydrogens (tertiary/aromatic N) is 3. The second-order valence-electron chi connectivity index (χ2n) is 8.65. The number of morpholine rings is 1. The van der Waals surface area contributed by atoms with Crippen molar-refractivity contribution in [1.29, 1.82) is 0 Å². The maximum Gasteiger partial charge on any atom is 0.264 e. The van der Waals surface area contributed by atoms with E-state index in [-0.39, 0.29) is 35.1 Å². The topological polar surface area (TPSA) is 71.9 Å². The van der Waals surface area contributed by atoms with Crippen molar-refractivity contribution in [2.45, 2.75) is 51.4 Å². The van der Waals surface area contributed by atoms with E-state index in [2.05, 4.69) is 0 Å². The number of carbonyl (C=O) groups excluding carboxylic acids is 2. The minimum absolute atomic E-state index is 0.0529. The lowest BCUT2D eigenvalue weighted by atomic mass is 9.95. The second-order valence-corrected chi connectivity index (χ2v) is 8.65. The first-order valence-corrected chi connectivity index (χ1v) is 11.0. The number of carbonyl (C=O) groups is 2. The van der Waals surface area contributed by atoms with E-state index in [1.165, 1.54) is 0 Å². The summed E-state index contributed by atoms with van der Waals surface area (Å²) in [4.78, 5) is 43.0. The third-order valence-electron chi connectivity index (χ3n) is 6.69. The number of likely N-dealkylation sites (tertiary alicyclic amines) is 1. The summed E-state index contributed by atoms with van der Waals surface area (Å²) in [6.07, 6.45) is 3.75. The Labute approximate surface area is 181 Å². The third kappa shape index (κ3) is 3.57. The van der Waals surface area contributed by atoms with E-state index in [1.54, 1.807) is 4.57 Å². The lowest BCUT2D eigenvalue weighted by Gasteiger charge is -2.32. The van der Waals surface area contributed by atoms with Crippen LogP contribution in [0.3, 0.4) is 0 Å². The highest BCUT2D eigenvalue weighted by Crippen LogP contribution is 2.30. The first-order chi connectivity index (χ1) is 15.0. The van der Waals surface area contributed by atoms with E-state index in [4.69, 9.17) is 4.74 Å². The van der Waals surface area contributed by atoms with E-state index in [9.17, 15) is 14.4 Å². The zero-order valence-electron chi connectivity index (χ0n) is 17.8. The molecule has 2 fully saturated rings. The smallest absolute Gasteiger partial charge is 0.264 e. The zero-order valence-corrected chi connectivity index (χ0v) is 17.8. The summed E-state index contributed by atoms with van der Waals surface area (Å²) in [7, 11) is 0. The standard InChI is InChI=1S/C24H27N3O4/c1-2-21(28)25-9-8-20-17(12-25)13-26(11-16-6-4-3-5-7-16)23(29)22(20)24(30)27-14-19-10-18(27)15-31-19/h3-7,13,18-19H,2,8-12,14-15H2,1H3/t18-,19-/m1/s1. The van der Waals surface area contributed by atoms with Crippen molar-refractivity contribution >= 4 is 11.8 Å². The van der Waals surface area contributed by atoms with Gasteiger partial charge in [-0.1, -0.05) is 37.3 Å². The SMILES string of the molecule is CCC(=O)N1CCc2c(cn(Cc3ccccc3)c(=O)c2C(=O)N2C[C@H]3C[C@@H]2CO3)C1. The number of hydrogen-bond donors (Lipinski definition) is 0. The Hall–Kier alpha value is -2.93. The molecule has 3 aliphatic heterocycles. The van der Waals surface area contributed by atoms with Gasteiger partial charge in [-0.05, 0) is 29.5 Å². The largest absolute Gasteiger partial charge is 0.374 e. The van der Waals surface area contributed by atoms with Crippen molar-refractivity contribution in [3.05, 3.63) is 69.1 Å². The fraction of sp³-hybridized carbons (Fsp3) is 0.458. The Kier molecular flexibility index (Phi) is 5.14. The lowest BCUT2D eigenvalue weighted by molar-refractivity contribution is -0.131. The molecular weight excluding hydrogens is 394 g/mol. The molecule has 162 valence electrons. The van der Waals surface area contributed by atoms with E-state index >= 15 is 0 Å². The number of hydrogen-bond acceptors (Lipinski definition) is 4. The second kappa shape index (κ2) is 7.96. The molecule has 5 rings (SSSR count). The Morgan fingerprint density at radius 3 is 2.68 bits per heavy atom. The van der Waals surface area contributed by atoms with Crippen LogP contribution in [0.4, 0.5) is 0 Å². The van der Waals surface area contributed by atoms with Gasteiger partial charge in [0.05, 0.1) is 25.3 Å². The first kappa shape index (κ1) is 20.0. The lowest BCUT2D eigenvalue weighted by Crippen LogP contribution is -2.46. The van der Waals surface area contributed by atoms with Crippen molar-refractivity contribution in [1.82, 2.24) is 14.4 Å². The molecule has 0 radical (unpaired) electrons. The number of benzene rings is 1. The Bertz CT molecular complexity index is 1080. The van der Waals surface area contributed by atoms with E-state index in [0.29, 0.717) is 45.6 Å². The van der Waals surface area contributed by atoms with Crippen LogP contribution in [-0.4, -0.2) is 58.0 Å². The summed E-state index contributed by atoms with van der Waals surface area (Å²) in [6, 6.07) is 9.80. The molecule has 1 aromatic carbocycles. The number of fused-ring (bicyclic) bond motifs is 3. The highest BCUT2D eigenvalue weighted by Gasteiger charge is 2.43. The maximum absolute atomic E-state index is 13.6. The summed E-state index contributed by atoms with van der Waals surface area (Å²) < 4.78 is 7.28. The highest BCUT2D eigenvalue weighted by molar-refractivity contribution is 5.96. The minimum Gasteiger partial charge on any atom is -0.374 e. The molecule has 2 saturated heterocycles. The molecule has 2 amide bonds. The molecule has 2 bridgehead atoms. The average Bonchev–Trinajstić information content (AvgIpc) is 3.43. The fourth-order valence-electron chi connectivity index (χ4n) is 5.06. The Balaban J connectivity index is 1.57. The molecule has 2 aromatic rings. The molecule has 0 aliphatic carbocycles. The maximum atomic E-state index is 13.6. The Morgan fingerprint density at radius 1 is 1.19 bits per heavy atom. The van der Waals surface area contributed by atoms with Gasteiger partial charge in [-0.2, -0.15) is 0 Å². The number of ether oxygens (including phenoxy) is 1. The normalized spacial score (nSPS) is 22.0. The minimum atomic E-state index is -0.244. The van der Waals surface area contributed by atoms with Crippen LogP contribution in [0.25, 0.3) is 0 Å². The number of rotatable bonds is 4. The third-order valence-corrected chi connectivity index (χ3v) is 6.69. The van der Waals surface area contributed by atoms with Gasteiger partial charge >= 0.3 is 0 Å². The fourth-order valence-corrected chi connectivity index (χ4v) is 5.06. The van der Waals surface area contributed by atoms with Gasteiger partial charge in [-0.25, -0.2) is 0 Å². The highest BCUT2D eigenvalue weighted by atomic mass is 16.5. The van der Waals surface area contributed by atoms with Crippen LogP contribution >= 0.6 is 0 Å². The molecule has 3 aliphatic rings. The molecule has 0 N–H and O–H groups in total. The van der Waals surface area contributed by atoms with Gasteiger partial charge in [0.1, 0.15) is 5.56 Å².